The van der Waals surface area contributed by atoms with E-state index in [4.69, 9.17) is 0 Å². The Morgan fingerprint density at radius 2 is 2.00 bits per heavy atom. The van der Waals surface area contributed by atoms with E-state index >= 15 is 0 Å². The van der Waals surface area contributed by atoms with Crippen LogP contribution in [0, 0.1) is 0 Å². The van der Waals surface area contributed by atoms with E-state index in [1.165, 1.54) is 18.6 Å². The van der Waals surface area contributed by atoms with Crippen LogP contribution in [0.2, 0.25) is 0 Å². The molecule has 1 unspecified atom stereocenters. The average molecular weight is 275 g/mol. The topological polar surface area (TPSA) is 64.6 Å². The highest BCUT2D eigenvalue weighted by atomic mass is 32.2. The van der Waals surface area contributed by atoms with Crippen LogP contribution in [0.3, 0.4) is 0 Å². The monoisotopic (exact) mass is 275 g/mol. The van der Waals surface area contributed by atoms with Crippen molar-refractivity contribution in [3.63, 3.8) is 0 Å². The number of halogens is 3. The number of nitrogens with zero attached hydrogens (tertiary/aromatic N) is 2. The molecule has 1 atom stereocenters. The number of nitrogens with one attached hydrogen (secondary N) is 1. The van der Waals surface area contributed by atoms with Gasteiger partial charge in [0.05, 0.1) is 5.56 Å². The van der Waals surface area contributed by atoms with Gasteiger partial charge in [0.25, 0.3) is 0 Å². The van der Waals surface area contributed by atoms with Gasteiger partial charge in [-0.25, -0.2) is 4.98 Å². The van der Waals surface area contributed by atoms with E-state index in [-0.39, 0.29) is 16.3 Å². The minimum absolute atomic E-state index is 0.0876. The molecule has 96 valence electrons. The zero-order valence-corrected chi connectivity index (χ0v) is 9.97. The highest BCUT2D eigenvalue weighted by molar-refractivity contribution is 7.90. The van der Waals surface area contributed by atoms with Gasteiger partial charge < -0.3 is 4.55 Å². The average Bonchev–Trinajstić information content (AvgIpc) is 2.80. The van der Waals surface area contributed by atoms with E-state index in [0.717, 1.165) is 12.1 Å². The van der Waals surface area contributed by atoms with Gasteiger partial charge in [-0.3, -0.25) is 5.10 Å². The molecule has 0 aliphatic heterocycles. The fraction of sp³-hybridized carbons (Fsp3) is 0.200. The molecule has 0 fully saturated rings. The van der Waals surface area contributed by atoms with Crippen LogP contribution in [0.4, 0.5) is 13.2 Å². The fourth-order valence-corrected chi connectivity index (χ4v) is 1.99. The number of hydrogen-bond donors (Lipinski definition) is 1. The molecule has 2 rings (SSSR count). The third kappa shape index (κ3) is 2.65. The summed E-state index contributed by atoms with van der Waals surface area (Å²) in [6.45, 7) is 0. The molecule has 0 saturated carbocycles. The van der Waals surface area contributed by atoms with Crippen molar-refractivity contribution in [2.45, 2.75) is 11.1 Å². The van der Waals surface area contributed by atoms with E-state index in [2.05, 4.69) is 15.2 Å². The van der Waals surface area contributed by atoms with Gasteiger partial charge in [0.15, 0.2) is 10.7 Å². The molecule has 0 bridgehead atoms. The van der Waals surface area contributed by atoms with Crippen molar-refractivity contribution < 1.29 is 17.7 Å². The molecule has 18 heavy (non-hydrogen) atoms. The Morgan fingerprint density at radius 1 is 1.28 bits per heavy atom. The summed E-state index contributed by atoms with van der Waals surface area (Å²) in [7, 11) is 0. The Bertz CT molecular complexity index is 540. The van der Waals surface area contributed by atoms with Crippen molar-refractivity contribution in [3.05, 3.63) is 30.1 Å². The standard InChI is InChI=1S/C10H8F3N3OS/c1-18(17)8-3-6(9-14-5-15-16-9)2-7(4-8)10(11,12)13/h2-5H,1H3,(H,14,15,16). The first-order valence-electron chi connectivity index (χ1n) is 4.80. The largest absolute Gasteiger partial charge is 0.612 e. The molecule has 0 aliphatic rings. The highest BCUT2D eigenvalue weighted by Gasteiger charge is 2.32. The number of aromatic amines is 1. The summed E-state index contributed by atoms with van der Waals surface area (Å²) in [4.78, 5) is 3.86. The number of rotatable bonds is 2. The van der Waals surface area contributed by atoms with Crippen molar-refractivity contribution >= 4 is 11.2 Å². The normalized spacial score (nSPS) is 13.6. The van der Waals surface area contributed by atoms with Crippen LogP contribution in [0.1, 0.15) is 5.56 Å². The Hall–Kier alpha value is -1.54. The lowest BCUT2D eigenvalue weighted by Crippen LogP contribution is -2.08. The molecule has 0 radical (unpaired) electrons. The number of benzene rings is 1. The number of hydrogen-bond acceptors (Lipinski definition) is 3. The molecule has 0 aliphatic carbocycles. The Labute approximate surface area is 103 Å². The van der Waals surface area contributed by atoms with Crippen molar-refractivity contribution in [3.8, 4) is 11.4 Å². The molecular formula is C10H8F3N3OS. The predicted molar refractivity (Wildman–Crippen MR) is 59.2 cm³/mol. The molecule has 0 saturated heterocycles. The van der Waals surface area contributed by atoms with Gasteiger partial charge in [0, 0.05) is 17.7 Å². The van der Waals surface area contributed by atoms with Gasteiger partial charge in [-0.1, -0.05) is 0 Å². The van der Waals surface area contributed by atoms with E-state index in [1.54, 1.807) is 0 Å². The predicted octanol–water partition coefficient (Wildman–Crippen LogP) is 2.23. The van der Waals surface area contributed by atoms with E-state index in [0.29, 0.717) is 0 Å². The summed E-state index contributed by atoms with van der Waals surface area (Å²) in [5.74, 6) is 0.132. The number of H-pyrrole nitrogens is 1. The Morgan fingerprint density at radius 3 is 2.50 bits per heavy atom. The van der Waals surface area contributed by atoms with Gasteiger partial charge >= 0.3 is 6.18 Å². The lowest BCUT2D eigenvalue weighted by atomic mass is 10.1. The number of aromatic nitrogens is 3. The first-order chi connectivity index (χ1) is 8.38. The summed E-state index contributed by atoms with van der Waals surface area (Å²) in [5, 5.41) is 6.12. The van der Waals surface area contributed by atoms with Gasteiger partial charge in [-0.15, -0.1) is 0 Å². The summed E-state index contributed by atoms with van der Waals surface area (Å²) >= 11 is -1.51. The fourth-order valence-electron chi connectivity index (χ4n) is 1.41. The van der Waals surface area contributed by atoms with Crippen molar-refractivity contribution in [1.29, 1.82) is 0 Å². The quantitative estimate of drug-likeness (QED) is 0.855. The summed E-state index contributed by atoms with van der Waals surface area (Å²) in [6.07, 6.45) is -1.92. The zero-order chi connectivity index (χ0) is 13.3. The van der Waals surface area contributed by atoms with Crippen molar-refractivity contribution in [2.75, 3.05) is 6.26 Å². The highest BCUT2D eigenvalue weighted by Crippen LogP contribution is 2.33. The van der Waals surface area contributed by atoms with Crippen LogP contribution >= 0.6 is 0 Å². The smallest absolute Gasteiger partial charge is 0.416 e. The second kappa shape index (κ2) is 4.62. The molecule has 2 aromatic rings. The number of alkyl halides is 3. The minimum Gasteiger partial charge on any atom is -0.612 e. The molecule has 1 heterocycles. The van der Waals surface area contributed by atoms with Crippen LogP contribution in [0.15, 0.2) is 29.4 Å². The third-order valence-electron chi connectivity index (χ3n) is 2.24. The van der Waals surface area contributed by atoms with Crippen molar-refractivity contribution in [1.82, 2.24) is 15.2 Å². The van der Waals surface area contributed by atoms with Crippen LogP contribution in [0.5, 0.6) is 0 Å². The zero-order valence-electron chi connectivity index (χ0n) is 9.15. The van der Waals surface area contributed by atoms with Gasteiger partial charge in [0.1, 0.15) is 12.6 Å². The summed E-state index contributed by atoms with van der Waals surface area (Å²) in [5.41, 5.74) is -0.689. The third-order valence-corrected chi connectivity index (χ3v) is 3.14. The van der Waals surface area contributed by atoms with E-state index < -0.39 is 22.9 Å². The molecule has 4 nitrogen and oxygen atoms in total. The van der Waals surface area contributed by atoms with E-state index in [9.17, 15) is 17.7 Å². The molecule has 0 amide bonds. The van der Waals surface area contributed by atoms with Crippen LogP contribution < -0.4 is 0 Å². The summed E-state index contributed by atoms with van der Waals surface area (Å²) < 4.78 is 49.5. The Balaban J connectivity index is 2.57. The van der Waals surface area contributed by atoms with Crippen LogP contribution in [-0.4, -0.2) is 26.0 Å². The maximum Gasteiger partial charge on any atom is 0.416 e. The molecule has 1 aromatic heterocycles. The lowest BCUT2D eigenvalue weighted by molar-refractivity contribution is -0.137. The minimum atomic E-state index is -4.50. The first-order valence-corrected chi connectivity index (χ1v) is 6.35. The maximum atomic E-state index is 12.7. The van der Waals surface area contributed by atoms with E-state index in [1.807, 2.05) is 0 Å². The molecule has 8 heteroatoms. The molecule has 0 spiro atoms. The molecular weight excluding hydrogens is 267 g/mol. The summed E-state index contributed by atoms with van der Waals surface area (Å²) in [6, 6.07) is 3.18. The Kier molecular flexibility index (Phi) is 3.31. The molecule has 1 N–H and O–H groups in total. The lowest BCUT2D eigenvalue weighted by Gasteiger charge is -2.11. The second-order valence-corrected chi connectivity index (χ2v) is 4.90. The first kappa shape index (κ1) is 12.9. The van der Waals surface area contributed by atoms with Crippen molar-refractivity contribution in [2.24, 2.45) is 0 Å². The van der Waals surface area contributed by atoms with Crippen LogP contribution in [-0.2, 0) is 17.4 Å². The van der Waals surface area contributed by atoms with Gasteiger partial charge in [0.2, 0.25) is 0 Å². The van der Waals surface area contributed by atoms with Crippen LogP contribution in [0.25, 0.3) is 11.4 Å². The molecule has 1 aromatic carbocycles. The van der Waals surface area contributed by atoms with Gasteiger partial charge in [-0.2, -0.15) is 18.3 Å². The van der Waals surface area contributed by atoms with Gasteiger partial charge in [-0.05, 0) is 17.2 Å². The SMILES string of the molecule is C[S+]([O-])c1cc(-c2nc[nH]n2)cc(C(F)(F)F)c1. The maximum absolute atomic E-state index is 12.7. The second-order valence-electron chi connectivity index (χ2n) is 3.52.